The van der Waals surface area contributed by atoms with Gasteiger partial charge in [-0.2, -0.15) is 13.2 Å². The molecule has 3 rings (SSSR count). The van der Waals surface area contributed by atoms with Gasteiger partial charge in [0.1, 0.15) is 5.60 Å². The molecular weight excluding hydrogens is 395 g/mol. The van der Waals surface area contributed by atoms with Gasteiger partial charge in [-0.3, -0.25) is 4.90 Å². The van der Waals surface area contributed by atoms with Gasteiger partial charge in [-0.1, -0.05) is 6.08 Å². The minimum absolute atomic E-state index is 0.0103. The van der Waals surface area contributed by atoms with Crippen molar-refractivity contribution in [2.45, 2.75) is 76.7 Å². The molecule has 1 unspecified atom stereocenters. The van der Waals surface area contributed by atoms with E-state index in [0.29, 0.717) is 13.1 Å². The Morgan fingerprint density at radius 1 is 1.07 bits per heavy atom. The van der Waals surface area contributed by atoms with Gasteiger partial charge in [0.05, 0.1) is 6.04 Å². The number of allylic oxidation sites excluding steroid dienone is 2. The highest BCUT2D eigenvalue weighted by atomic mass is 19.4. The Bertz CT molecular complexity index is 683. The molecule has 1 atom stereocenters. The number of alkyl halides is 3. The number of piperidine rings is 1. The normalized spacial score (nSPS) is 24.5. The van der Waals surface area contributed by atoms with Gasteiger partial charge >= 0.3 is 12.3 Å². The molecule has 8 heteroatoms. The standard InChI is InChI=1S/C22H34F3N3O2/c1-21(2,3)30-20(29)28-13-9-17(10-14-28)26(4)18-8-7-16(22(23,24)25)15-19(18)27-11-5-6-12-27/h7-8,17,19H,5-6,9-15H2,1-4H3. The van der Waals surface area contributed by atoms with Crippen molar-refractivity contribution >= 4 is 6.09 Å². The first-order chi connectivity index (χ1) is 14.0. The van der Waals surface area contributed by atoms with E-state index in [4.69, 9.17) is 4.74 Å². The van der Waals surface area contributed by atoms with Crippen LogP contribution >= 0.6 is 0 Å². The number of halogens is 3. The lowest BCUT2D eigenvalue weighted by atomic mass is 9.93. The molecule has 2 heterocycles. The first-order valence-electron chi connectivity index (χ1n) is 10.9. The number of carbonyl (C=O) groups is 1. The molecule has 0 bridgehead atoms. The fourth-order valence-corrected chi connectivity index (χ4v) is 4.58. The Balaban J connectivity index is 1.68. The topological polar surface area (TPSA) is 36.0 Å². The van der Waals surface area contributed by atoms with Gasteiger partial charge in [-0.25, -0.2) is 4.79 Å². The minimum Gasteiger partial charge on any atom is -0.444 e. The zero-order valence-corrected chi connectivity index (χ0v) is 18.5. The zero-order chi connectivity index (χ0) is 22.1. The molecule has 1 aliphatic carbocycles. The summed E-state index contributed by atoms with van der Waals surface area (Å²) in [5.74, 6) is 0. The average Bonchev–Trinajstić information content (AvgIpc) is 3.19. The maximum Gasteiger partial charge on any atom is 0.412 e. The Kier molecular flexibility index (Phi) is 6.75. The highest BCUT2D eigenvalue weighted by Gasteiger charge is 2.41. The van der Waals surface area contributed by atoms with E-state index in [1.54, 1.807) is 11.0 Å². The van der Waals surface area contributed by atoms with Gasteiger partial charge < -0.3 is 14.5 Å². The summed E-state index contributed by atoms with van der Waals surface area (Å²) in [5.41, 5.74) is -0.0137. The Labute approximate surface area is 177 Å². The minimum atomic E-state index is -4.28. The molecule has 0 aromatic carbocycles. The van der Waals surface area contributed by atoms with Crippen LogP contribution < -0.4 is 0 Å². The molecule has 5 nitrogen and oxygen atoms in total. The third kappa shape index (κ3) is 5.50. The highest BCUT2D eigenvalue weighted by molar-refractivity contribution is 5.68. The van der Waals surface area contributed by atoms with Crippen molar-refractivity contribution in [3.63, 3.8) is 0 Å². The number of carbonyl (C=O) groups excluding carboxylic acids is 1. The summed E-state index contributed by atoms with van der Waals surface area (Å²) in [6.07, 6.45) is 1.95. The summed E-state index contributed by atoms with van der Waals surface area (Å²) >= 11 is 0. The van der Waals surface area contributed by atoms with Crippen LogP contribution in [-0.2, 0) is 4.74 Å². The van der Waals surface area contributed by atoms with E-state index in [2.05, 4.69) is 9.80 Å². The molecule has 0 saturated carbocycles. The number of hydrogen-bond donors (Lipinski definition) is 0. The second-order valence-electron chi connectivity index (χ2n) is 9.55. The van der Waals surface area contributed by atoms with Crippen LogP contribution in [0.15, 0.2) is 23.4 Å². The number of likely N-dealkylation sites (tertiary alicyclic amines) is 2. The fourth-order valence-electron chi connectivity index (χ4n) is 4.58. The van der Waals surface area contributed by atoms with Crippen LogP contribution in [0.25, 0.3) is 0 Å². The number of nitrogens with zero attached hydrogens (tertiary/aromatic N) is 3. The van der Waals surface area contributed by atoms with Crippen LogP contribution in [0, 0.1) is 0 Å². The van der Waals surface area contributed by atoms with Crippen molar-refractivity contribution in [2.75, 3.05) is 33.2 Å². The molecule has 0 N–H and O–H groups in total. The average molecular weight is 430 g/mol. The molecule has 0 aromatic heterocycles. The van der Waals surface area contributed by atoms with E-state index in [1.807, 2.05) is 27.8 Å². The quantitative estimate of drug-likeness (QED) is 0.659. The first-order valence-corrected chi connectivity index (χ1v) is 10.9. The number of amides is 1. The van der Waals surface area contributed by atoms with Crippen LogP contribution in [-0.4, -0.2) is 77.9 Å². The lowest BCUT2D eigenvalue weighted by Crippen LogP contribution is -2.49. The summed E-state index contributed by atoms with van der Waals surface area (Å²) in [6, 6.07) is -0.0381. The van der Waals surface area contributed by atoms with Crippen LogP contribution in [0.3, 0.4) is 0 Å². The van der Waals surface area contributed by atoms with Gasteiger partial charge in [-0.05, 0) is 72.0 Å². The van der Waals surface area contributed by atoms with E-state index in [1.165, 1.54) is 6.08 Å². The van der Waals surface area contributed by atoms with Crippen LogP contribution in [0.2, 0.25) is 0 Å². The van der Waals surface area contributed by atoms with E-state index >= 15 is 0 Å². The van der Waals surface area contributed by atoms with Gasteiger partial charge in [0, 0.05) is 37.4 Å². The largest absolute Gasteiger partial charge is 0.444 e. The van der Waals surface area contributed by atoms with Crippen molar-refractivity contribution in [1.82, 2.24) is 14.7 Å². The monoisotopic (exact) mass is 429 g/mol. The Morgan fingerprint density at radius 2 is 1.67 bits per heavy atom. The maximum atomic E-state index is 13.3. The SMILES string of the molecule is CN(C1=CC=C(C(F)(F)F)CC1N1CCCC1)C1CCN(C(=O)OC(C)(C)C)CC1. The molecule has 0 spiro atoms. The molecule has 2 saturated heterocycles. The molecule has 0 radical (unpaired) electrons. The number of hydrogen-bond acceptors (Lipinski definition) is 4. The second-order valence-corrected chi connectivity index (χ2v) is 9.55. The summed E-state index contributed by atoms with van der Waals surface area (Å²) in [4.78, 5) is 18.4. The molecule has 3 aliphatic rings. The summed E-state index contributed by atoms with van der Waals surface area (Å²) in [5, 5.41) is 0. The van der Waals surface area contributed by atoms with Gasteiger partial charge in [0.2, 0.25) is 0 Å². The smallest absolute Gasteiger partial charge is 0.412 e. The molecule has 1 amide bonds. The lowest BCUT2D eigenvalue weighted by Gasteiger charge is -2.43. The number of rotatable bonds is 3. The lowest BCUT2D eigenvalue weighted by molar-refractivity contribution is -0.0959. The maximum absolute atomic E-state index is 13.3. The van der Waals surface area contributed by atoms with E-state index in [-0.39, 0.29) is 24.6 Å². The van der Waals surface area contributed by atoms with Crippen LogP contribution in [0.1, 0.15) is 52.9 Å². The van der Waals surface area contributed by atoms with Crippen molar-refractivity contribution in [2.24, 2.45) is 0 Å². The first kappa shape index (κ1) is 23.0. The highest BCUT2D eigenvalue weighted by Crippen LogP contribution is 2.37. The van der Waals surface area contributed by atoms with Crippen molar-refractivity contribution in [1.29, 1.82) is 0 Å². The fraction of sp³-hybridized carbons (Fsp3) is 0.773. The molecular formula is C22H34F3N3O2. The van der Waals surface area contributed by atoms with Gasteiger partial charge in [0.25, 0.3) is 0 Å². The third-order valence-corrected chi connectivity index (χ3v) is 6.23. The Hall–Kier alpha value is -1.70. The van der Waals surface area contributed by atoms with Crippen molar-refractivity contribution in [3.05, 3.63) is 23.4 Å². The van der Waals surface area contributed by atoms with Gasteiger partial charge in [-0.15, -0.1) is 0 Å². The molecule has 170 valence electrons. The summed E-state index contributed by atoms with van der Waals surface area (Å²) in [7, 11) is 1.98. The third-order valence-electron chi connectivity index (χ3n) is 6.23. The molecule has 30 heavy (non-hydrogen) atoms. The van der Waals surface area contributed by atoms with E-state index < -0.39 is 17.4 Å². The number of likely N-dealkylation sites (N-methyl/N-ethyl adjacent to an activating group) is 1. The predicted molar refractivity (Wildman–Crippen MR) is 110 cm³/mol. The van der Waals surface area contributed by atoms with Crippen LogP contribution in [0.5, 0.6) is 0 Å². The predicted octanol–water partition coefficient (Wildman–Crippen LogP) is 4.56. The zero-order valence-electron chi connectivity index (χ0n) is 18.5. The second kappa shape index (κ2) is 8.81. The molecule has 0 aromatic rings. The molecule has 2 fully saturated rings. The van der Waals surface area contributed by atoms with Gasteiger partial charge in [0.15, 0.2) is 0 Å². The van der Waals surface area contributed by atoms with Crippen molar-refractivity contribution in [3.8, 4) is 0 Å². The van der Waals surface area contributed by atoms with Crippen LogP contribution in [0.4, 0.5) is 18.0 Å². The summed E-state index contributed by atoms with van der Waals surface area (Å²) < 4.78 is 45.5. The van der Waals surface area contributed by atoms with Crippen molar-refractivity contribution < 1.29 is 22.7 Å². The number of ether oxygens (including phenoxy) is 1. The summed E-state index contributed by atoms with van der Waals surface area (Å²) in [6.45, 7) is 8.42. The Morgan fingerprint density at radius 3 is 2.20 bits per heavy atom. The molecule has 2 aliphatic heterocycles. The van der Waals surface area contributed by atoms with E-state index in [0.717, 1.165) is 44.5 Å². The van der Waals surface area contributed by atoms with E-state index in [9.17, 15) is 18.0 Å².